The highest BCUT2D eigenvalue weighted by molar-refractivity contribution is 7.99. The molecule has 24 heavy (non-hydrogen) atoms. The minimum Gasteiger partial charge on any atom is -0.328 e. The van der Waals surface area contributed by atoms with Crippen molar-refractivity contribution in [3.05, 3.63) is 57.6 Å². The normalized spacial score (nSPS) is 26.4. The highest BCUT2D eigenvalue weighted by atomic mass is 35.5. The quantitative estimate of drug-likeness (QED) is 0.770. The molecule has 0 unspecified atom stereocenters. The second-order valence-corrected chi connectivity index (χ2v) is 8.78. The Morgan fingerprint density at radius 2 is 1.83 bits per heavy atom. The molecule has 1 saturated heterocycles. The van der Waals surface area contributed by atoms with E-state index in [4.69, 9.17) is 23.2 Å². The second-order valence-electron chi connectivity index (χ2n) is 6.88. The average molecular weight is 381 g/mol. The van der Waals surface area contributed by atoms with Gasteiger partial charge in [0.15, 0.2) is 0 Å². The van der Waals surface area contributed by atoms with Gasteiger partial charge < -0.3 is 9.80 Å². The van der Waals surface area contributed by atoms with E-state index < -0.39 is 0 Å². The summed E-state index contributed by atoms with van der Waals surface area (Å²) in [6, 6.07) is 13.1. The summed E-state index contributed by atoms with van der Waals surface area (Å²) in [4.78, 5) is 5.83. The molecule has 2 nitrogen and oxygen atoms in total. The van der Waals surface area contributed by atoms with Crippen LogP contribution in [-0.4, -0.2) is 33.2 Å². The summed E-state index contributed by atoms with van der Waals surface area (Å²) in [5.41, 5.74) is 2.75. The van der Waals surface area contributed by atoms with Crippen molar-refractivity contribution in [1.29, 1.82) is 0 Å². The highest BCUT2D eigenvalue weighted by Gasteiger charge is 2.34. The van der Waals surface area contributed by atoms with E-state index >= 15 is 0 Å². The van der Waals surface area contributed by atoms with E-state index in [2.05, 4.69) is 31.3 Å². The molecule has 126 valence electrons. The minimum atomic E-state index is 0.457. The van der Waals surface area contributed by atoms with Gasteiger partial charge in [-0.25, -0.2) is 0 Å². The average Bonchev–Trinajstić information content (AvgIpc) is 2.73. The zero-order valence-electron chi connectivity index (χ0n) is 13.7. The summed E-state index contributed by atoms with van der Waals surface area (Å²) in [5, 5.41) is 1.69. The second kappa shape index (κ2) is 6.89. The predicted octanol–water partition coefficient (Wildman–Crippen LogP) is 2.16. The largest absolute Gasteiger partial charge is 0.328 e. The SMILES string of the molecule is C[NH+]1CC[NH+]([C@H]2Cc3cc(Cl)ccc3Sc3c(Cl)cccc32)CC1. The molecule has 0 saturated carbocycles. The van der Waals surface area contributed by atoms with Gasteiger partial charge in [0.2, 0.25) is 0 Å². The molecule has 0 radical (unpaired) electrons. The molecule has 1 fully saturated rings. The Labute approximate surface area is 157 Å². The molecular formula is C19H22Cl2N2S+2. The van der Waals surface area contributed by atoms with Gasteiger partial charge in [-0.15, -0.1) is 0 Å². The molecule has 5 heteroatoms. The fourth-order valence-electron chi connectivity index (χ4n) is 3.87. The van der Waals surface area contributed by atoms with Crippen molar-refractivity contribution < 1.29 is 9.80 Å². The summed E-state index contributed by atoms with van der Waals surface area (Å²) >= 11 is 14.7. The monoisotopic (exact) mass is 380 g/mol. The fraction of sp³-hybridized carbons (Fsp3) is 0.368. The molecule has 2 aliphatic heterocycles. The zero-order valence-corrected chi connectivity index (χ0v) is 16.1. The Morgan fingerprint density at radius 3 is 2.62 bits per heavy atom. The molecule has 0 amide bonds. The number of likely N-dealkylation sites (N-methyl/N-ethyl adjacent to an activating group) is 1. The molecule has 2 aromatic rings. The van der Waals surface area contributed by atoms with Crippen molar-refractivity contribution in [3.8, 4) is 0 Å². The smallest absolute Gasteiger partial charge is 0.127 e. The lowest BCUT2D eigenvalue weighted by Gasteiger charge is -2.33. The molecular weight excluding hydrogens is 359 g/mol. The van der Waals surface area contributed by atoms with Gasteiger partial charge in [0.1, 0.15) is 32.2 Å². The summed E-state index contributed by atoms with van der Waals surface area (Å²) < 4.78 is 0. The van der Waals surface area contributed by atoms with E-state index in [1.54, 1.807) is 21.6 Å². The van der Waals surface area contributed by atoms with Crippen molar-refractivity contribution >= 4 is 35.0 Å². The van der Waals surface area contributed by atoms with Crippen LogP contribution in [0.25, 0.3) is 0 Å². The van der Waals surface area contributed by atoms with Crippen LogP contribution in [0.15, 0.2) is 46.2 Å². The maximum atomic E-state index is 6.58. The number of rotatable bonds is 1. The van der Waals surface area contributed by atoms with Crippen LogP contribution in [0, 0.1) is 0 Å². The first-order valence-electron chi connectivity index (χ1n) is 8.52. The number of quaternary nitrogens is 2. The molecule has 2 aliphatic rings. The third-order valence-electron chi connectivity index (χ3n) is 5.27. The Hall–Kier alpha value is -0.710. The first kappa shape index (κ1) is 16.7. The van der Waals surface area contributed by atoms with E-state index in [0.717, 1.165) is 16.5 Å². The highest BCUT2D eigenvalue weighted by Crippen LogP contribution is 2.43. The molecule has 0 aromatic heterocycles. The zero-order chi connectivity index (χ0) is 16.7. The number of nitrogens with one attached hydrogen (secondary N) is 2. The molecule has 2 aromatic carbocycles. The van der Waals surface area contributed by atoms with Crippen molar-refractivity contribution in [2.24, 2.45) is 0 Å². The number of fused-ring (bicyclic) bond motifs is 2. The maximum absolute atomic E-state index is 6.58. The first-order chi connectivity index (χ1) is 11.6. The summed E-state index contributed by atoms with van der Waals surface area (Å²) in [6.45, 7) is 4.89. The van der Waals surface area contributed by atoms with Gasteiger partial charge >= 0.3 is 0 Å². The van der Waals surface area contributed by atoms with Crippen LogP contribution < -0.4 is 9.80 Å². The van der Waals surface area contributed by atoms with E-state index in [9.17, 15) is 0 Å². The van der Waals surface area contributed by atoms with Gasteiger partial charge in [0.25, 0.3) is 0 Å². The minimum absolute atomic E-state index is 0.457. The molecule has 2 heterocycles. The van der Waals surface area contributed by atoms with Gasteiger partial charge in [-0.1, -0.05) is 47.1 Å². The van der Waals surface area contributed by atoms with Gasteiger partial charge in [0, 0.05) is 26.8 Å². The topological polar surface area (TPSA) is 8.88 Å². The molecule has 0 aliphatic carbocycles. The molecule has 4 rings (SSSR count). The van der Waals surface area contributed by atoms with Crippen molar-refractivity contribution in [1.82, 2.24) is 0 Å². The third-order valence-corrected chi connectivity index (χ3v) is 7.21. The van der Waals surface area contributed by atoms with Crippen molar-refractivity contribution in [3.63, 3.8) is 0 Å². The molecule has 1 atom stereocenters. The lowest BCUT2D eigenvalue weighted by Crippen LogP contribution is -3.27. The number of hydrogen-bond donors (Lipinski definition) is 2. The van der Waals surface area contributed by atoms with Gasteiger partial charge in [-0.3, -0.25) is 0 Å². The molecule has 0 spiro atoms. The van der Waals surface area contributed by atoms with Gasteiger partial charge in [-0.05, 0) is 29.8 Å². The number of benzene rings is 2. The van der Waals surface area contributed by atoms with Crippen LogP contribution in [0.1, 0.15) is 17.2 Å². The fourth-order valence-corrected chi connectivity index (χ4v) is 5.48. The molecule has 0 bridgehead atoms. The van der Waals surface area contributed by atoms with Gasteiger partial charge in [-0.2, -0.15) is 0 Å². The number of hydrogen-bond acceptors (Lipinski definition) is 1. The van der Waals surface area contributed by atoms with Crippen LogP contribution in [0.4, 0.5) is 0 Å². The first-order valence-corrected chi connectivity index (χ1v) is 10.1. The lowest BCUT2D eigenvalue weighted by atomic mass is 9.96. The Bertz CT molecular complexity index is 757. The third kappa shape index (κ3) is 3.21. The van der Waals surface area contributed by atoms with Crippen LogP contribution >= 0.6 is 35.0 Å². The number of halogens is 2. The molecule has 2 N–H and O–H groups in total. The summed E-state index contributed by atoms with van der Waals surface area (Å²) in [5.74, 6) is 0. The van der Waals surface area contributed by atoms with Crippen LogP contribution in [0.2, 0.25) is 10.0 Å². The van der Waals surface area contributed by atoms with Crippen LogP contribution in [-0.2, 0) is 6.42 Å². The Balaban J connectivity index is 1.78. The van der Waals surface area contributed by atoms with E-state index in [0.29, 0.717) is 6.04 Å². The van der Waals surface area contributed by atoms with E-state index in [1.807, 2.05) is 12.1 Å². The lowest BCUT2D eigenvalue weighted by molar-refractivity contribution is -1.02. The Morgan fingerprint density at radius 1 is 1.04 bits per heavy atom. The Kier molecular flexibility index (Phi) is 4.81. The number of piperazine rings is 1. The van der Waals surface area contributed by atoms with E-state index in [1.165, 1.54) is 47.1 Å². The van der Waals surface area contributed by atoms with Crippen molar-refractivity contribution in [2.75, 3.05) is 33.2 Å². The van der Waals surface area contributed by atoms with Gasteiger partial charge in [0.05, 0.1) is 12.1 Å². The van der Waals surface area contributed by atoms with Crippen LogP contribution in [0.5, 0.6) is 0 Å². The summed E-state index contributed by atoms with van der Waals surface area (Å²) in [6.07, 6.45) is 1.03. The maximum Gasteiger partial charge on any atom is 0.127 e. The van der Waals surface area contributed by atoms with E-state index in [-0.39, 0.29) is 0 Å². The predicted molar refractivity (Wildman–Crippen MR) is 101 cm³/mol. The van der Waals surface area contributed by atoms with Crippen LogP contribution in [0.3, 0.4) is 0 Å². The summed E-state index contributed by atoms with van der Waals surface area (Å²) in [7, 11) is 2.29. The standard InChI is InChI=1S/C19H20Cl2N2S/c1-22-7-9-23(10-8-22)17-12-13-11-14(20)5-6-18(13)24-19-15(17)3-2-4-16(19)21/h2-6,11,17H,7-10,12H2,1H3/p+2/t17-/m0/s1. The van der Waals surface area contributed by atoms with Crippen molar-refractivity contribution in [2.45, 2.75) is 22.3 Å².